The van der Waals surface area contributed by atoms with Gasteiger partial charge in [-0.25, -0.2) is 8.42 Å². The highest BCUT2D eigenvalue weighted by molar-refractivity contribution is 7.84. The third-order valence-corrected chi connectivity index (χ3v) is 3.94. The lowest BCUT2D eigenvalue weighted by Gasteiger charge is -2.23. The summed E-state index contributed by atoms with van der Waals surface area (Å²) >= 11 is 0. The van der Waals surface area contributed by atoms with E-state index in [-0.39, 0.29) is 0 Å². The van der Waals surface area contributed by atoms with E-state index in [9.17, 15) is 0 Å². The molecule has 0 amide bonds. The van der Waals surface area contributed by atoms with Crippen molar-refractivity contribution in [3.63, 3.8) is 0 Å². The second-order valence-electron chi connectivity index (χ2n) is 6.24. The van der Waals surface area contributed by atoms with Crippen molar-refractivity contribution in [2.75, 3.05) is 25.9 Å². The molecule has 0 radical (unpaired) electrons. The summed E-state index contributed by atoms with van der Waals surface area (Å²) in [6.45, 7) is 6.66. The number of unbranched alkanes of at least 4 members (excludes halogenated alkanes) is 7. The zero-order valence-corrected chi connectivity index (χ0v) is 14.8. The van der Waals surface area contributed by atoms with E-state index in [1.54, 1.807) is 0 Å². The molecule has 1 fully saturated rings. The fraction of sp³-hybridized carbons (Fsp3) is 1.00. The van der Waals surface area contributed by atoms with Crippen LogP contribution in [0.25, 0.3) is 0 Å². The summed E-state index contributed by atoms with van der Waals surface area (Å²) in [4.78, 5) is 1.89. The highest BCUT2D eigenvalue weighted by Gasteiger charge is 2.11. The van der Waals surface area contributed by atoms with Crippen molar-refractivity contribution in [1.82, 2.24) is 0 Å². The van der Waals surface area contributed by atoms with Crippen LogP contribution in [0, 0.1) is 0 Å². The quantitative estimate of drug-likeness (QED) is 0.524. The van der Waals surface area contributed by atoms with Gasteiger partial charge in [-0.15, -0.1) is 0 Å². The third kappa shape index (κ3) is 19.9. The van der Waals surface area contributed by atoms with E-state index >= 15 is 0 Å². The Balaban J connectivity index is 0.000000690. The van der Waals surface area contributed by atoms with Crippen LogP contribution in [0.1, 0.15) is 77.6 Å². The average molecular weight is 322 g/mol. The Labute approximate surface area is 132 Å². The van der Waals surface area contributed by atoms with Gasteiger partial charge < -0.3 is 9.45 Å². The van der Waals surface area contributed by atoms with Crippen LogP contribution in [-0.4, -0.2) is 38.9 Å². The minimum Gasteiger partial charge on any atom is -0.748 e. The molecule has 0 aromatic carbocycles. The lowest BCUT2D eigenvalue weighted by atomic mass is 10.1. The van der Waals surface area contributed by atoms with Gasteiger partial charge in [0.15, 0.2) is 0 Å². The van der Waals surface area contributed by atoms with E-state index in [1.165, 1.54) is 90.3 Å². The van der Waals surface area contributed by atoms with Crippen LogP contribution in [0.2, 0.25) is 0 Å². The van der Waals surface area contributed by atoms with Gasteiger partial charge in [-0.1, -0.05) is 45.4 Å². The number of piperidine rings is 1. The molecule has 0 aromatic rings. The van der Waals surface area contributed by atoms with E-state index < -0.39 is 10.1 Å². The predicted octanol–water partition coefficient (Wildman–Crippen LogP) is 2.36. The summed E-state index contributed by atoms with van der Waals surface area (Å²) in [6, 6.07) is 0. The van der Waals surface area contributed by atoms with Gasteiger partial charge in [0.25, 0.3) is 0 Å². The first-order valence-corrected chi connectivity index (χ1v) is 10.5. The molecule has 0 aromatic heterocycles. The van der Waals surface area contributed by atoms with E-state index in [4.69, 9.17) is 13.0 Å². The fourth-order valence-corrected chi connectivity index (χ4v) is 2.81. The molecule has 1 saturated heterocycles. The molecule has 4 nitrogen and oxygen atoms in total. The maximum atomic E-state index is 9.08. The normalized spacial score (nSPS) is 16.3. The summed E-state index contributed by atoms with van der Waals surface area (Å²) in [7, 11) is -3.92. The molecule has 128 valence electrons. The molecule has 0 spiro atoms. The summed E-state index contributed by atoms with van der Waals surface area (Å²) in [5.41, 5.74) is 0. The van der Waals surface area contributed by atoms with E-state index in [0.29, 0.717) is 6.26 Å². The molecule has 0 saturated carbocycles. The second kappa shape index (κ2) is 13.5. The molecule has 0 aliphatic carbocycles. The number of rotatable bonds is 9. The van der Waals surface area contributed by atoms with Crippen LogP contribution in [0.4, 0.5) is 0 Å². The smallest absolute Gasteiger partial charge is 0.0916 e. The van der Waals surface area contributed by atoms with Gasteiger partial charge in [-0.2, -0.15) is 0 Å². The lowest BCUT2D eigenvalue weighted by molar-refractivity contribution is -0.905. The predicted molar refractivity (Wildman–Crippen MR) is 87.6 cm³/mol. The molecule has 0 unspecified atom stereocenters. The molecule has 1 rings (SSSR count). The topological polar surface area (TPSA) is 61.6 Å². The van der Waals surface area contributed by atoms with Crippen molar-refractivity contribution in [1.29, 1.82) is 0 Å². The maximum absolute atomic E-state index is 9.08. The molecule has 5 heteroatoms. The Morgan fingerprint density at radius 2 is 1.29 bits per heavy atom. The minimum atomic E-state index is -3.92. The molecule has 1 heterocycles. The Hall–Kier alpha value is -0.130. The number of hydrogen-bond acceptors (Lipinski definition) is 3. The summed E-state index contributed by atoms with van der Waals surface area (Å²) in [6.07, 6.45) is 16.7. The summed E-state index contributed by atoms with van der Waals surface area (Å²) in [5, 5.41) is 0. The monoisotopic (exact) mass is 321 g/mol. The highest BCUT2D eigenvalue weighted by Crippen LogP contribution is 2.07. The third-order valence-electron chi connectivity index (χ3n) is 3.94. The van der Waals surface area contributed by atoms with Crippen LogP contribution in [-0.2, 0) is 10.1 Å². The summed E-state index contributed by atoms with van der Waals surface area (Å²) in [5.74, 6) is 0. The van der Waals surface area contributed by atoms with E-state index in [1.807, 2.05) is 4.90 Å². The van der Waals surface area contributed by atoms with Gasteiger partial charge in [-0.05, 0) is 32.1 Å². The molecule has 1 aliphatic rings. The first-order chi connectivity index (χ1) is 9.93. The number of likely N-dealkylation sites (tertiary alicyclic amines) is 1. The highest BCUT2D eigenvalue weighted by atomic mass is 32.2. The number of quaternary nitrogens is 1. The van der Waals surface area contributed by atoms with E-state index in [2.05, 4.69) is 6.92 Å². The van der Waals surface area contributed by atoms with Crippen molar-refractivity contribution in [2.24, 2.45) is 0 Å². The maximum Gasteiger partial charge on any atom is 0.0916 e. The zero-order chi connectivity index (χ0) is 16.0. The lowest BCUT2D eigenvalue weighted by Crippen LogP contribution is -3.12. The molecular weight excluding hydrogens is 286 g/mol. The van der Waals surface area contributed by atoms with Gasteiger partial charge in [0.05, 0.1) is 29.8 Å². The Bertz CT molecular complexity index is 303. The zero-order valence-electron chi connectivity index (χ0n) is 14.0. The first kappa shape index (κ1) is 20.9. The van der Waals surface area contributed by atoms with Crippen molar-refractivity contribution in [2.45, 2.75) is 77.6 Å². The first-order valence-electron chi connectivity index (χ1n) is 8.68. The van der Waals surface area contributed by atoms with Crippen molar-refractivity contribution in [3.8, 4) is 0 Å². The van der Waals surface area contributed by atoms with Gasteiger partial charge in [-0.3, -0.25) is 0 Å². The molecule has 0 atom stereocenters. The van der Waals surface area contributed by atoms with Crippen LogP contribution < -0.4 is 4.90 Å². The standard InChI is InChI=1S/C15H31N.CH4O3S/c1-2-3-4-5-6-7-8-10-13-16-14-11-9-12-15-16;1-5(2,3)4/h2-15H2,1H3;1H3,(H,2,3,4). The molecule has 21 heavy (non-hydrogen) atoms. The SMILES string of the molecule is CCCCCCCCCC[NH+]1CCCCC1.CS(=O)(=O)[O-]. The average Bonchev–Trinajstić information content (AvgIpc) is 2.41. The molecule has 0 bridgehead atoms. The Morgan fingerprint density at radius 3 is 1.76 bits per heavy atom. The van der Waals surface area contributed by atoms with Crippen molar-refractivity contribution >= 4 is 10.1 Å². The molecular formula is C16H35NO3S. The van der Waals surface area contributed by atoms with Crippen molar-refractivity contribution < 1.29 is 17.9 Å². The van der Waals surface area contributed by atoms with Crippen LogP contribution >= 0.6 is 0 Å². The largest absolute Gasteiger partial charge is 0.748 e. The van der Waals surface area contributed by atoms with E-state index in [0.717, 1.165) is 0 Å². The number of hydrogen-bond donors (Lipinski definition) is 1. The van der Waals surface area contributed by atoms with Gasteiger partial charge >= 0.3 is 0 Å². The van der Waals surface area contributed by atoms with Crippen LogP contribution in [0.5, 0.6) is 0 Å². The Kier molecular flexibility index (Phi) is 13.4. The molecule has 1 aliphatic heterocycles. The van der Waals surface area contributed by atoms with Gasteiger partial charge in [0, 0.05) is 6.26 Å². The Morgan fingerprint density at radius 1 is 0.857 bits per heavy atom. The van der Waals surface area contributed by atoms with Crippen LogP contribution in [0.3, 0.4) is 0 Å². The van der Waals surface area contributed by atoms with Gasteiger partial charge in [0.1, 0.15) is 0 Å². The van der Waals surface area contributed by atoms with Crippen molar-refractivity contribution in [3.05, 3.63) is 0 Å². The fourth-order valence-electron chi connectivity index (χ4n) is 2.81. The minimum absolute atomic E-state index is 0.604. The second-order valence-corrected chi connectivity index (χ2v) is 7.65. The van der Waals surface area contributed by atoms with Gasteiger partial charge in [0.2, 0.25) is 0 Å². The molecule has 1 N–H and O–H groups in total. The summed E-state index contributed by atoms with van der Waals surface area (Å²) < 4.78 is 27.2. The number of nitrogens with one attached hydrogen (secondary N) is 1. The van der Waals surface area contributed by atoms with Crippen LogP contribution in [0.15, 0.2) is 0 Å².